The van der Waals surface area contributed by atoms with Crippen LogP contribution in [0.4, 0.5) is 0 Å². The molecule has 1 unspecified atom stereocenters. The van der Waals surface area contributed by atoms with Crippen LogP contribution >= 0.6 is 10.7 Å². The Bertz CT molecular complexity index is 640. The van der Waals surface area contributed by atoms with E-state index in [-0.39, 0.29) is 28.2 Å². The quantitative estimate of drug-likeness (QED) is 0.841. The summed E-state index contributed by atoms with van der Waals surface area (Å²) in [6.07, 6.45) is 3.43. The standard InChI is InChI=1S/C14H18ClNO4S/c1-9(10-4-3-5-10)16-14(17)11-6-7-12(20-2)13(8-11)21(15,18)19/h6-10H,3-5H2,1-2H3,(H,16,17). The van der Waals surface area contributed by atoms with Gasteiger partial charge in [-0.05, 0) is 43.9 Å². The minimum Gasteiger partial charge on any atom is -0.495 e. The number of halogens is 1. The van der Waals surface area contributed by atoms with Crippen LogP contribution in [-0.2, 0) is 9.05 Å². The number of methoxy groups -OCH3 is 1. The number of carbonyl (C=O) groups is 1. The highest BCUT2D eigenvalue weighted by Gasteiger charge is 2.26. The van der Waals surface area contributed by atoms with E-state index in [1.54, 1.807) is 0 Å². The lowest BCUT2D eigenvalue weighted by atomic mass is 9.80. The van der Waals surface area contributed by atoms with E-state index in [0.717, 1.165) is 12.8 Å². The Labute approximate surface area is 129 Å². The molecule has 0 radical (unpaired) electrons. The van der Waals surface area contributed by atoms with Crippen molar-refractivity contribution in [2.45, 2.75) is 37.1 Å². The molecule has 0 aliphatic heterocycles. The lowest BCUT2D eigenvalue weighted by Gasteiger charge is -2.31. The first-order valence-electron chi connectivity index (χ1n) is 6.76. The maximum absolute atomic E-state index is 12.2. The first-order chi connectivity index (χ1) is 9.82. The van der Waals surface area contributed by atoms with Gasteiger partial charge in [0, 0.05) is 22.3 Å². The van der Waals surface area contributed by atoms with Gasteiger partial charge in [0.25, 0.3) is 15.0 Å². The summed E-state index contributed by atoms with van der Waals surface area (Å²) in [6.45, 7) is 1.96. The van der Waals surface area contributed by atoms with Crippen molar-refractivity contribution in [1.29, 1.82) is 0 Å². The summed E-state index contributed by atoms with van der Waals surface area (Å²) >= 11 is 0. The van der Waals surface area contributed by atoms with Crippen molar-refractivity contribution >= 4 is 25.6 Å². The van der Waals surface area contributed by atoms with Crippen molar-refractivity contribution in [2.24, 2.45) is 5.92 Å². The fourth-order valence-corrected chi connectivity index (χ4v) is 3.38. The largest absolute Gasteiger partial charge is 0.495 e. The van der Waals surface area contributed by atoms with Crippen LogP contribution in [0.2, 0.25) is 0 Å². The molecule has 116 valence electrons. The number of rotatable bonds is 5. The van der Waals surface area contributed by atoms with Crippen LogP contribution in [-0.4, -0.2) is 27.5 Å². The van der Waals surface area contributed by atoms with Crippen molar-refractivity contribution in [3.63, 3.8) is 0 Å². The summed E-state index contributed by atoms with van der Waals surface area (Å²) in [6, 6.07) is 4.26. The Kier molecular flexibility index (Phi) is 4.78. The van der Waals surface area contributed by atoms with Crippen LogP contribution in [0.15, 0.2) is 23.1 Å². The molecule has 21 heavy (non-hydrogen) atoms. The minimum atomic E-state index is -3.97. The van der Waals surface area contributed by atoms with E-state index in [0.29, 0.717) is 5.92 Å². The molecular weight excluding hydrogens is 314 g/mol. The van der Waals surface area contributed by atoms with Gasteiger partial charge >= 0.3 is 0 Å². The number of carbonyl (C=O) groups excluding carboxylic acids is 1. The van der Waals surface area contributed by atoms with Crippen molar-refractivity contribution in [1.82, 2.24) is 5.32 Å². The van der Waals surface area contributed by atoms with Crippen molar-refractivity contribution in [3.8, 4) is 5.75 Å². The molecular formula is C14H18ClNO4S. The molecule has 2 rings (SSSR count). The molecule has 0 spiro atoms. The normalized spacial score (nSPS) is 16.9. The smallest absolute Gasteiger partial charge is 0.265 e. The number of hydrogen-bond donors (Lipinski definition) is 1. The average Bonchev–Trinajstić information content (AvgIpc) is 2.34. The Balaban J connectivity index is 2.21. The fraction of sp³-hybridized carbons (Fsp3) is 0.500. The third-order valence-electron chi connectivity index (χ3n) is 3.90. The second kappa shape index (κ2) is 6.23. The summed E-state index contributed by atoms with van der Waals surface area (Å²) in [7, 11) is 2.74. The van der Waals surface area contributed by atoms with E-state index in [9.17, 15) is 13.2 Å². The number of hydrogen-bond acceptors (Lipinski definition) is 4. The summed E-state index contributed by atoms with van der Waals surface area (Å²) in [5.74, 6) is 0.315. The van der Waals surface area contributed by atoms with Crippen molar-refractivity contribution < 1.29 is 17.9 Å². The highest BCUT2D eigenvalue weighted by molar-refractivity contribution is 8.13. The highest BCUT2D eigenvalue weighted by atomic mass is 35.7. The number of amides is 1. The SMILES string of the molecule is COc1ccc(C(=O)NC(C)C2CCC2)cc1S(=O)(=O)Cl. The number of ether oxygens (including phenoxy) is 1. The predicted octanol–water partition coefficient (Wildman–Crippen LogP) is 2.54. The Morgan fingerprint density at radius 3 is 2.57 bits per heavy atom. The van der Waals surface area contributed by atoms with E-state index in [2.05, 4.69) is 5.32 Å². The fourth-order valence-electron chi connectivity index (χ4n) is 2.36. The van der Waals surface area contributed by atoms with Crippen molar-refractivity contribution in [2.75, 3.05) is 7.11 Å². The molecule has 0 aromatic heterocycles. The van der Waals surface area contributed by atoms with Gasteiger partial charge in [-0.2, -0.15) is 0 Å². The Morgan fingerprint density at radius 2 is 2.10 bits per heavy atom. The van der Waals surface area contributed by atoms with Gasteiger partial charge in [-0.15, -0.1) is 0 Å². The van der Waals surface area contributed by atoms with Gasteiger partial charge in [0.15, 0.2) is 0 Å². The van der Waals surface area contributed by atoms with Gasteiger partial charge < -0.3 is 10.1 Å². The molecule has 1 aliphatic rings. The summed E-state index contributed by atoms with van der Waals surface area (Å²) in [5, 5.41) is 2.90. The Hall–Kier alpha value is -1.27. The molecule has 1 aliphatic carbocycles. The lowest BCUT2D eigenvalue weighted by Crippen LogP contribution is -2.40. The zero-order valence-corrected chi connectivity index (χ0v) is 13.5. The number of benzene rings is 1. The first-order valence-corrected chi connectivity index (χ1v) is 9.07. The van der Waals surface area contributed by atoms with Crippen molar-refractivity contribution in [3.05, 3.63) is 23.8 Å². The van der Waals surface area contributed by atoms with Gasteiger partial charge in [0.1, 0.15) is 10.6 Å². The van der Waals surface area contributed by atoms with Gasteiger partial charge in [-0.3, -0.25) is 4.79 Å². The molecule has 1 saturated carbocycles. The van der Waals surface area contributed by atoms with Gasteiger partial charge in [0.05, 0.1) is 7.11 Å². The topological polar surface area (TPSA) is 72.5 Å². The molecule has 1 fully saturated rings. The first kappa shape index (κ1) is 16.1. The molecule has 1 aromatic rings. The van der Waals surface area contributed by atoms with E-state index in [1.165, 1.54) is 31.7 Å². The molecule has 7 heteroatoms. The summed E-state index contributed by atoms with van der Waals surface area (Å²) < 4.78 is 28.0. The summed E-state index contributed by atoms with van der Waals surface area (Å²) in [4.78, 5) is 12.0. The second-order valence-corrected chi connectivity index (χ2v) is 7.79. The van der Waals surface area contributed by atoms with Crippen LogP contribution in [0, 0.1) is 5.92 Å². The van der Waals surface area contributed by atoms with Crippen LogP contribution < -0.4 is 10.1 Å². The molecule has 0 bridgehead atoms. The van der Waals surface area contributed by atoms with Crippen LogP contribution in [0.3, 0.4) is 0 Å². The zero-order chi connectivity index (χ0) is 15.6. The second-order valence-electron chi connectivity index (χ2n) is 5.26. The molecule has 0 saturated heterocycles. The Morgan fingerprint density at radius 1 is 1.43 bits per heavy atom. The third kappa shape index (κ3) is 3.68. The van der Waals surface area contributed by atoms with E-state index in [4.69, 9.17) is 15.4 Å². The lowest BCUT2D eigenvalue weighted by molar-refractivity contribution is 0.0909. The van der Waals surface area contributed by atoms with Gasteiger partial charge in [-0.1, -0.05) is 6.42 Å². The van der Waals surface area contributed by atoms with E-state index in [1.807, 2.05) is 6.92 Å². The van der Waals surface area contributed by atoms with E-state index >= 15 is 0 Å². The maximum atomic E-state index is 12.2. The number of nitrogens with one attached hydrogen (secondary N) is 1. The minimum absolute atomic E-state index is 0.0735. The molecule has 1 atom stereocenters. The van der Waals surface area contributed by atoms with Gasteiger partial charge in [-0.25, -0.2) is 8.42 Å². The molecule has 1 amide bonds. The summed E-state index contributed by atoms with van der Waals surface area (Å²) in [5.41, 5.74) is 0.251. The molecule has 5 nitrogen and oxygen atoms in total. The molecule has 0 heterocycles. The molecule has 1 aromatic carbocycles. The average molecular weight is 332 g/mol. The van der Waals surface area contributed by atoms with Crippen LogP contribution in [0.1, 0.15) is 36.5 Å². The predicted molar refractivity (Wildman–Crippen MR) is 80.3 cm³/mol. The molecule has 1 N–H and O–H groups in total. The monoisotopic (exact) mass is 331 g/mol. The zero-order valence-electron chi connectivity index (χ0n) is 11.9. The van der Waals surface area contributed by atoms with E-state index < -0.39 is 9.05 Å². The maximum Gasteiger partial charge on any atom is 0.265 e. The van der Waals surface area contributed by atoms with Crippen LogP contribution in [0.25, 0.3) is 0 Å². The third-order valence-corrected chi connectivity index (χ3v) is 5.25. The van der Waals surface area contributed by atoms with Gasteiger partial charge in [0.2, 0.25) is 0 Å². The highest BCUT2D eigenvalue weighted by Crippen LogP contribution is 2.30. The van der Waals surface area contributed by atoms with Crippen LogP contribution in [0.5, 0.6) is 5.75 Å².